The fourth-order valence-electron chi connectivity index (χ4n) is 2.46. The van der Waals surface area contributed by atoms with Crippen LogP contribution >= 0.6 is 0 Å². The second-order valence-corrected chi connectivity index (χ2v) is 8.10. The van der Waals surface area contributed by atoms with E-state index in [1.54, 1.807) is 4.31 Å². The zero-order valence-electron chi connectivity index (χ0n) is 12.0. The highest BCUT2D eigenvalue weighted by Gasteiger charge is 2.35. The molecule has 3 rings (SSSR count). The molecular weight excluding hydrogens is 291 g/mol. The lowest BCUT2D eigenvalue weighted by atomic mass is 10.2. The lowest BCUT2D eigenvalue weighted by Gasteiger charge is -2.22. The van der Waals surface area contributed by atoms with E-state index < -0.39 is 15.8 Å². The van der Waals surface area contributed by atoms with Crippen molar-refractivity contribution >= 4 is 10.0 Å². The van der Waals surface area contributed by atoms with Gasteiger partial charge in [-0.2, -0.15) is 4.31 Å². The maximum atomic E-state index is 13.5. The number of hydrogen-bond donors (Lipinski definition) is 1. The molecule has 0 amide bonds. The summed E-state index contributed by atoms with van der Waals surface area (Å²) < 4.78 is 40.7. The first-order chi connectivity index (χ1) is 10.0. The van der Waals surface area contributed by atoms with Crippen molar-refractivity contribution in [1.82, 2.24) is 4.31 Å². The van der Waals surface area contributed by atoms with Crippen LogP contribution in [0.3, 0.4) is 0 Å². The largest absolute Gasteiger partial charge is 0.326 e. The second kappa shape index (κ2) is 5.66. The van der Waals surface area contributed by atoms with E-state index in [1.807, 2.05) is 0 Å². The topological polar surface area (TPSA) is 63.4 Å². The molecule has 6 heteroatoms. The minimum Gasteiger partial charge on any atom is -0.326 e. The van der Waals surface area contributed by atoms with Crippen LogP contribution in [0.2, 0.25) is 0 Å². The van der Waals surface area contributed by atoms with Crippen LogP contribution in [0.25, 0.3) is 0 Å². The summed E-state index contributed by atoms with van der Waals surface area (Å²) in [6.45, 7) is 1.18. The van der Waals surface area contributed by atoms with Crippen LogP contribution in [0.1, 0.15) is 31.2 Å². The van der Waals surface area contributed by atoms with E-state index in [0.29, 0.717) is 24.9 Å². The predicted molar refractivity (Wildman–Crippen MR) is 78.5 cm³/mol. The molecule has 2 aliphatic carbocycles. The molecule has 0 aromatic heterocycles. The van der Waals surface area contributed by atoms with Crippen molar-refractivity contribution in [2.45, 2.75) is 37.1 Å². The summed E-state index contributed by atoms with van der Waals surface area (Å²) in [5, 5.41) is 0. The molecule has 21 heavy (non-hydrogen) atoms. The summed E-state index contributed by atoms with van der Waals surface area (Å²) in [5.74, 6) is 0.535. The van der Waals surface area contributed by atoms with Gasteiger partial charge in [0.05, 0.1) is 4.90 Å². The molecule has 4 nitrogen and oxygen atoms in total. The molecule has 0 atom stereocenters. The van der Waals surface area contributed by atoms with Crippen molar-refractivity contribution in [1.29, 1.82) is 0 Å². The van der Waals surface area contributed by atoms with Crippen LogP contribution in [-0.4, -0.2) is 25.8 Å². The minimum atomic E-state index is -3.55. The summed E-state index contributed by atoms with van der Waals surface area (Å²) in [6.07, 6.45) is 4.42. The Morgan fingerprint density at radius 1 is 1.14 bits per heavy atom. The maximum Gasteiger partial charge on any atom is 0.243 e. The standard InChI is InChI=1S/C15H21FN2O2S/c16-15-6-5-14(7-13(15)8-17)21(19,20)18(9-11-1-2-11)10-12-3-4-12/h5-7,11-12H,1-4,8-10,17H2. The number of rotatable bonds is 7. The van der Waals surface area contributed by atoms with Gasteiger partial charge in [0.25, 0.3) is 0 Å². The average molecular weight is 312 g/mol. The van der Waals surface area contributed by atoms with Gasteiger partial charge in [-0.05, 0) is 55.7 Å². The molecule has 1 aromatic carbocycles. The fourth-order valence-corrected chi connectivity index (χ4v) is 4.11. The van der Waals surface area contributed by atoms with E-state index in [1.165, 1.54) is 18.2 Å². The number of nitrogens with two attached hydrogens (primary N) is 1. The lowest BCUT2D eigenvalue weighted by Crippen LogP contribution is -2.34. The smallest absolute Gasteiger partial charge is 0.243 e. The molecule has 0 bridgehead atoms. The molecule has 0 aliphatic heterocycles. The summed E-state index contributed by atoms with van der Waals surface area (Å²) >= 11 is 0. The van der Waals surface area contributed by atoms with Gasteiger partial charge < -0.3 is 5.73 Å². The van der Waals surface area contributed by atoms with Gasteiger partial charge in [-0.1, -0.05) is 0 Å². The van der Waals surface area contributed by atoms with Crippen molar-refractivity contribution in [3.05, 3.63) is 29.6 Å². The first-order valence-corrected chi connectivity index (χ1v) is 8.93. The van der Waals surface area contributed by atoms with Crippen LogP contribution in [0.15, 0.2) is 23.1 Å². The third-order valence-electron chi connectivity index (χ3n) is 4.19. The van der Waals surface area contributed by atoms with E-state index in [4.69, 9.17) is 5.73 Å². The Hall–Kier alpha value is -0.980. The number of nitrogens with zero attached hydrogens (tertiary/aromatic N) is 1. The molecule has 0 unspecified atom stereocenters. The van der Waals surface area contributed by atoms with E-state index in [0.717, 1.165) is 25.7 Å². The highest BCUT2D eigenvalue weighted by atomic mass is 32.2. The maximum absolute atomic E-state index is 13.5. The zero-order chi connectivity index (χ0) is 15.0. The minimum absolute atomic E-state index is 0.000440. The Kier molecular flexibility index (Phi) is 4.03. The highest BCUT2D eigenvalue weighted by molar-refractivity contribution is 7.89. The number of halogens is 1. The van der Waals surface area contributed by atoms with Crippen LogP contribution in [0.5, 0.6) is 0 Å². The highest BCUT2D eigenvalue weighted by Crippen LogP contribution is 2.36. The van der Waals surface area contributed by atoms with Crippen molar-refractivity contribution in [2.75, 3.05) is 13.1 Å². The molecule has 0 heterocycles. The SMILES string of the molecule is NCc1cc(S(=O)(=O)N(CC2CC2)CC2CC2)ccc1F. The Bertz CT molecular complexity index is 611. The van der Waals surface area contributed by atoms with E-state index in [2.05, 4.69) is 0 Å². The lowest BCUT2D eigenvalue weighted by molar-refractivity contribution is 0.382. The van der Waals surface area contributed by atoms with Gasteiger partial charge in [-0.15, -0.1) is 0 Å². The zero-order valence-corrected chi connectivity index (χ0v) is 12.8. The van der Waals surface area contributed by atoms with Gasteiger partial charge in [0, 0.05) is 25.2 Å². The Morgan fingerprint density at radius 3 is 2.19 bits per heavy atom. The number of benzene rings is 1. The number of sulfonamides is 1. The van der Waals surface area contributed by atoms with E-state index >= 15 is 0 Å². The third kappa shape index (κ3) is 3.44. The van der Waals surface area contributed by atoms with Crippen LogP contribution in [-0.2, 0) is 16.6 Å². The number of hydrogen-bond acceptors (Lipinski definition) is 3. The molecule has 0 radical (unpaired) electrons. The Labute approximate surface area is 125 Å². The summed E-state index contributed by atoms with van der Waals surface area (Å²) in [5.41, 5.74) is 5.72. The van der Waals surface area contributed by atoms with Crippen LogP contribution < -0.4 is 5.73 Å². The summed E-state index contributed by atoms with van der Waals surface area (Å²) in [4.78, 5) is 0.158. The molecular formula is C15H21FN2O2S. The molecule has 0 saturated heterocycles. The van der Waals surface area contributed by atoms with Crippen molar-refractivity contribution < 1.29 is 12.8 Å². The first-order valence-electron chi connectivity index (χ1n) is 7.49. The fraction of sp³-hybridized carbons (Fsp3) is 0.600. The normalized spacial score (nSPS) is 19.2. The molecule has 2 saturated carbocycles. The quantitative estimate of drug-likeness (QED) is 0.838. The third-order valence-corrected chi connectivity index (χ3v) is 6.02. The van der Waals surface area contributed by atoms with Gasteiger partial charge in [0.2, 0.25) is 10.0 Å². The van der Waals surface area contributed by atoms with Gasteiger partial charge in [-0.25, -0.2) is 12.8 Å². The monoisotopic (exact) mass is 312 g/mol. The van der Waals surface area contributed by atoms with Crippen molar-refractivity contribution in [3.63, 3.8) is 0 Å². The summed E-state index contributed by atoms with van der Waals surface area (Å²) in [7, 11) is -3.55. The van der Waals surface area contributed by atoms with Crippen molar-refractivity contribution in [2.24, 2.45) is 17.6 Å². The second-order valence-electron chi connectivity index (χ2n) is 6.17. The molecule has 0 spiro atoms. The van der Waals surface area contributed by atoms with E-state index in [-0.39, 0.29) is 17.0 Å². The first kappa shape index (κ1) is 14.9. The average Bonchev–Trinajstić information content (AvgIpc) is 3.33. The predicted octanol–water partition coefficient (Wildman–Crippen LogP) is 2.10. The molecule has 1 aromatic rings. The molecule has 2 N–H and O–H groups in total. The van der Waals surface area contributed by atoms with Gasteiger partial charge >= 0.3 is 0 Å². The molecule has 116 valence electrons. The van der Waals surface area contributed by atoms with Gasteiger partial charge in [0.1, 0.15) is 5.82 Å². The summed E-state index contributed by atoms with van der Waals surface area (Å²) in [6, 6.07) is 3.91. The Morgan fingerprint density at radius 2 is 1.71 bits per heavy atom. The Balaban J connectivity index is 1.87. The molecule has 2 aliphatic rings. The van der Waals surface area contributed by atoms with E-state index in [9.17, 15) is 12.8 Å². The van der Waals surface area contributed by atoms with Crippen LogP contribution in [0, 0.1) is 17.7 Å². The van der Waals surface area contributed by atoms with Gasteiger partial charge in [-0.3, -0.25) is 0 Å². The van der Waals surface area contributed by atoms with Gasteiger partial charge in [0.15, 0.2) is 0 Å². The van der Waals surface area contributed by atoms with Crippen LogP contribution in [0.4, 0.5) is 4.39 Å². The molecule has 2 fully saturated rings. The van der Waals surface area contributed by atoms with Crippen molar-refractivity contribution in [3.8, 4) is 0 Å².